The van der Waals surface area contributed by atoms with Gasteiger partial charge in [0.2, 0.25) is 0 Å². The molecule has 1 aromatic carbocycles. The van der Waals surface area contributed by atoms with Gasteiger partial charge in [0.25, 0.3) is 5.91 Å². The SMILES string of the molecule is COc1cc(N)c(Cl)cc1C(=O)N(C)c1nccs1.Cl. The van der Waals surface area contributed by atoms with Gasteiger partial charge >= 0.3 is 0 Å². The van der Waals surface area contributed by atoms with E-state index in [1.54, 1.807) is 18.6 Å². The molecule has 0 aliphatic rings. The Bertz CT molecular complexity index is 605. The van der Waals surface area contributed by atoms with Crippen LogP contribution in [0.4, 0.5) is 10.8 Å². The second kappa shape index (κ2) is 6.78. The number of nitrogens with two attached hydrogens (primary N) is 1. The fourth-order valence-corrected chi connectivity index (χ4v) is 2.32. The van der Waals surface area contributed by atoms with Crippen LogP contribution in [0.15, 0.2) is 23.7 Å². The Labute approximate surface area is 131 Å². The molecule has 0 unspecified atom stereocenters. The fraction of sp³-hybridized carbons (Fsp3) is 0.167. The number of benzene rings is 1. The number of hydrogen-bond donors (Lipinski definition) is 1. The lowest BCUT2D eigenvalue weighted by atomic mass is 10.1. The van der Waals surface area contributed by atoms with Gasteiger partial charge in [0.05, 0.1) is 23.4 Å². The average molecular weight is 334 g/mol. The molecule has 0 atom stereocenters. The van der Waals surface area contributed by atoms with E-state index < -0.39 is 0 Å². The molecule has 1 amide bonds. The summed E-state index contributed by atoms with van der Waals surface area (Å²) in [5.74, 6) is 0.129. The first kappa shape index (κ1) is 16.6. The van der Waals surface area contributed by atoms with Crippen LogP contribution in [0.5, 0.6) is 5.75 Å². The van der Waals surface area contributed by atoms with E-state index in [0.29, 0.717) is 27.2 Å². The third kappa shape index (κ3) is 3.15. The summed E-state index contributed by atoms with van der Waals surface area (Å²) in [6.45, 7) is 0. The number of carbonyl (C=O) groups excluding carboxylic acids is 1. The number of hydrogen-bond acceptors (Lipinski definition) is 5. The van der Waals surface area contributed by atoms with Crippen molar-refractivity contribution in [1.82, 2.24) is 4.98 Å². The summed E-state index contributed by atoms with van der Waals surface area (Å²) in [5, 5.41) is 2.71. The quantitative estimate of drug-likeness (QED) is 0.876. The molecule has 0 radical (unpaired) electrons. The predicted octanol–water partition coefficient (Wildman–Crippen LogP) is 3.09. The van der Waals surface area contributed by atoms with Crippen molar-refractivity contribution in [2.75, 3.05) is 24.8 Å². The Balaban J connectivity index is 0.00000200. The van der Waals surface area contributed by atoms with Crippen LogP contribution in [0.2, 0.25) is 5.02 Å². The Hall–Kier alpha value is -1.50. The largest absolute Gasteiger partial charge is 0.496 e. The van der Waals surface area contributed by atoms with Gasteiger partial charge in [0.1, 0.15) is 5.75 Å². The number of nitrogen functional groups attached to an aromatic ring is 1. The summed E-state index contributed by atoms with van der Waals surface area (Å²) in [5.41, 5.74) is 6.40. The van der Waals surface area contributed by atoms with Crippen LogP contribution in [-0.4, -0.2) is 25.0 Å². The van der Waals surface area contributed by atoms with Gasteiger partial charge in [-0.3, -0.25) is 9.69 Å². The normalized spacial score (nSPS) is 9.75. The summed E-state index contributed by atoms with van der Waals surface area (Å²) < 4.78 is 5.17. The molecule has 2 rings (SSSR count). The predicted molar refractivity (Wildman–Crippen MR) is 84.5 cm³/mol. The van der Waals surface area contributed by atoms with E-state index in [0.717, 1.165) is 0 Å². The van der Waals surface area contributed by atoms with Crippen molar-refractivity contribution in [3.8, 4) is 5.75 Å². The number of thiazole rings is 1. The van der Waals surface area contributed by atoms with Gasteiger partial charge in [-0.25, -0.2) is 4.98 Å². The van der Waals surface area contributed by atoms with Crippen LogP contribution in [0.25, 0.3) is 0 Å². The monoisotopic (exact) mass is 333 g/mol. The number of halogens is 2. The van der Waals surface area contributed by atoms with Gasteiger partial charge < -0.3 is 10.5 Å². The van der Waals surface area contributed by atoms with Gasteiger partial charge in [-0.1, -0.05) is 11.6 Å². The number of aromatic nitrogens is 1. The van der Waals surface area contributed by atoms with Crippen molar-refractivity contribution in [2.45, 2.75) is 0 Å². The molecule has 0 saturated carbocycles. The molecule has 0 bridgehead atoms. The van der Waals surface area contributed by atoms with Crippen LogP contribution in [-0.2, 0) is 0 Å². The Kier molecular flexibility index (Phi) is 5.62. The number of carbonyl (C=O) groups is 1. The van der Waals surface area contributed by atoms with Gasteiger partial charge in [-0.05, 0) is 6.07 Å². The summed E-state index contributed by atoms with van der Waals surface area (Å²) in [7, 11) is 3.12. The molecule has 2 aromatic rings. The van der Waals surface area contributed by atoms with E-state index in [9.17, 15) is 4.79 Å². The number of nitrogens with zero attached hydrogens (tertiary/aromatic N) is 2. The minimum Gasteiger partial charge on any atom is -0.496 e. The third-order valence-electron chi connectivity index (χ3n) is 2.56. The minimum absolute atomic E-state index is 0. The standard InChI is InChI=1S/C12H12ClN3O2S.ClH/c1-16(12-15-3-4-19-12)11(17)7-5-8(13)9(14)6-10(7)18-2;/h3-6H,14H2,1-2H3;1H. The number of amides is 1. The van der Waals surface area contributed by atoms with Crippen molar-refractivity contribution >= 4 is 52.1 Å². The molecule has 1 aromatic heterocycles. The van der Waals surface area contributed by atoms with E-state index in [2.05, 4.69) is 4.98 Å². The first-order valence-electron chi connectivity index (χ1n) is 5.35. The third-order valence-corrected chi connectivity index (χ3v) is 3.74. The fourth-order valence-electron chi connectivity index (χ4n) is 1.55. The lowest BCUT2D eigenvalue weighted by Crippen LogP contribution is -2.26. The second-order valence-corrected chi connectivity index (χ2v) is 5.03. The van der Waals surface area contributed by atoms with Gasteiger partial charge in [0, 0.05) is 24.7 Å². The van der Waals surface area contributed by atoms with Gasteiger partial charge in [-0.2, -0.15) is 0 Å². The molecule has 20 heavy (non-hydrogen) atoms. The summed E-state index contributed by atoms with van der Waals surface area (Å²) in [6, 6.07) is 3.04. The molecule has 0 fully saturated rings. The molecule has 0 aliphatic heterocycles. The molecule has 1 heterocycles. The smallest absolute Gasteiger partial charge is 0.263 e. The molecule has 108 valence electrons. The average Bonchev–Trinajstić information content (AvgIpc) is 2.93. The zero-order valence-corrected chi connectivity index (χ0v) is 13.2. The lowest BCUT2D eigenvalue weighted by molar-refractivity contribution is 0.0990. The Morgan fingerprint density at radius 2 is 2.20 bits per heavy atom. The lowest BCUT2D eigenvalue weighted by Gasteiger charge is -2.16. The zero-order valence-electron chi connectivity index (χ0n) is 10.8. The van der Waals surface area contributed by atoms with Crippen molar-refractivity contribution < 1.29 is 9.53 Å². The molecular weight excluding hydrogens is 321 g/mol. The highest BCUT2D eigenvalue weighted by atomic mass is 35.5. The first-order valence-corrected chi connectivity index (χ1v) is 6.61. The number of anilines is 2. The number of methoxy groups -OCH3 is 1. The number of ether oxygens (including phenoxy) is 1. The Morgan fingerprint density at radius 3 is 2.75 bits per heavy atom. The highest BCUT2D eigenvalue weighted by Crippen LogP contribution is 2.30. The van der Waals surface area contributed by atoms with E-state index in [-0.39, 0.29) is 18.3 Å². The van der Waals surface area contributed by atoms with Crippen LogP contribution in [0.3, 0.4) is 0 Å². The van der Waals surface area contributed by atoms with Crippen molar-refractivity contribution in [3.63, 3.8) is 0 Å². The van der Waals surface area contributed by atoms with Crippen molar-refractivity contribution in [1.29, 1.82) is 0 Å². The van der Waals surface area contributed by atoms with Crippen molar-refractivity contribution in [2.24, 2.45) is 0 Å². The summed E-state index contributed by atoms with van der Waals surface area (Å²) in [4.78, 5) is 17.9. The van der Waals surface area contributed by atoms with E-state index in [1.807, 2.05) is 0 Å². The molecule has 2 N–H and O–H groups in total. The summed E-state index contributed by atoms with van der Waals surface area (Å²) >= 11 is 7.32. The maximum Gasteiger partial charge on any atom is 0.263 e. The maximum atomic E-state index is 12.4. The molecule has 0 spiro atoms. The minimum atomic E-state index is -0.256. The second-order valence-electron chi connectivity index (χ2n) is 3.75. The molecular formula is C12H13Cl2N3O2S. The van der Waals surface area contributed by atoms with Crippen LogP contribution in [0, 0.1) is 0 Å². The molecule has 8 heteroatoms. The molecule has 0 saturated heterocycles. The van der Waals surface area contributed by atoms with Crippen molar-refractivity contribution in [3.05, 3.63) is 34.3 Å². The van der Waals surface area contributed by atoms with E-state index in [1.165, 1.54) is 35.5 Å². The first-order chi connectivity index (χ1) is 9.04. The van der Waals surface area contributed by atoms with Crippen LogP contribution in [0.1, 0.15) is 10.4 Å². The molecule has 5 nitrogen and oxygen atoms in total. The van der Waals surface area contributed by atoms with E-state index in [4.69, 9.17) is 22.1 Å². The van der Waals surface area contributed by atoms with Crippen LogP contribution >= 0.6 is 35.3 Å². The topological polar surface area (TPSA) is 68.5 Å². The van der Waals surface area contributed by atoms with E-state index >= 15 is 0 Å². The zero-order chi connectivity index (χ0) is 14.0. The van der Waals surface area contributed by atoms with Crippen LogP contribution < -0.4 is 15.4 Å². The number of rotatable bonds is 3. The highest BCUT2D eigenvalue weighted by Gasteiger charge is 2.20. The molecule has 0 aliphatic carbocycles. The highest BCUT2D eigenvalue weighted by molar-refractivity contribution is 7.13. The maximum absolute atomic E-state index is 12.4. The van der Waals surface area contributed by atoms with Gasteiger partial charge in [0.15, 0.2) is 5.13 Å². The Morgan fingerprint density at radius 1 is 1.50 bits per heavy atom. The summed E-state index contributed by atoms with van der Waals surface area (Å²) in [6.07, 6.45) is 1.64. The van der Waals surface area contributed by atoms with Gasteiger partial charge in [-0.15, -0.1) is 23.7 Å².